The van der Waals surface area contributed by atoms with E-state index < -0.39 is 5.97 Å². The van der Waals surface area contributed by atoms with Gasteiger partial charge in [0, 0.05) is 23.3 Å². The van der Waals surface area contributed by atoms with Crippen molar-refractivity contribution in [2.75, 3.05) is 19.4 Å². The number of nitrogens with zero attached hydrogens (tertiary/aromatic N) is 1. The Morgan fingerprint density at radius 2 is 1.83 bits per heavy atom. The van der Waals surface area contributed by atoms with Gasteiger partial charge in [0.1, 0.15) is 11.5 Å². The number of carbonyl (C=O) groups is 2. The molecule has 150 valence electrons. The molecule has 0 bridgehead atoms. The molecule has 1 heterocycles. The summed E-state index contributed by atoms with van der Waals surface area (Å²) in [5.41, 5.74) is 8.36. The minimum absolute atomic E-state index is 0.251. The zero-order valence-electron chi connectivity index (χ0n) is 16.1. The Kier molecular flexibility index (Phi) is 6.24. The Hall–Kier alpha value is -3.25. The standard InChI is InChI=1S/C22H21ClN2O4/c1-14-3-4-16(11-19(14)24)22(27)28-13-21(26)25(2)12-18-9-10-20(29-18)15-5-7-17(23)8-6-15/h3-11H,12-13,24H2,1-2H3. The minimum atomic E-state index is -0.596. The molecule has 6 nitrogen and oxygen atoms in total. The fourth-order valence-corrected chi connectivity index (χ4v) is 2.77. The first-order valence-electron chi connectivity index (χ1n) is 8.95. The summed E-state index contributed by atoms with van der Waals surface area (Å²) in [5, 5.41) is 0.647. The fraction of sp³-hybridized carbons (Fsp3) is 0.182. The number of carbonyl (C=O) groups excluding carboxylic acids is 2. The van der Waals surface area contributed by atoms with E-state index in [0.717, 1.165) is 11.1 Å². The van der Waals surface area contributed by atoms with Gasteiger partial charge in [-0.15, -0.1) is 0 Å². The number of nitrogen functional groups attached to an aromatic ring is 1. The van der Waals surface area contributed by atoms with Gasteiger partial charge in [-0.05, 0) is 61.0 Å². The molecule has 0 saturated carbocycles. The van der Waals surface area contributed by atoms with E-state index in [9.17, 15) is 9.59 Å². The van der Waals surface area contributed by atoms with Gasteiger partial charge in [-0.2, -0.15) is 0 Å². The van der Waals surface area contributed by atoms with Crippen LogP contribution >= 0.6 is 11.6 Å². The predicted molar refractivity (Wildman–Crippen MR) is 112 cm³/mol. The quantitative estimate of drug-likeness (QED) is 0.481. The van der Waals surface area contributed by atoms with Gasteiger partial charge in [0.15, 0.2) is 6.61 Å². The lowest BCUT2D eigenvalue weighted by Crippen LogP contribution is -2.30. The average molecular weight is 413 g/mol. The third-order valence-corrected chi connectivity index (χ3v) is 4.70. The molecule has 2 aromatic carbocycles. The summed E-state index contributed by atoms with van der Waals surface area (Å²) in [6.45, 7) is 1.73. The molecular formula is C22H21ClN2O4. The first-order chi connectivity index (χ1) is 13.8. The number of furan rings is 1. The van der Waals surface area contributed by atoms with E-state index in [4.69, 9.17) is 26.5 Å². The molecule has 0 radical (unpaired) electrons. The summed E-state index contributed by atoms with van der Waals surface area (Å²) in [7, 11) is 1.62. The van der Waals surface area contributed by atoms with Crippen LogP contribution in [-0.4, -0.2) is 30.4 Å². The SMILES string of the molecule is Cc1ccc(C(=O)OCC(=O)N(C)Cc2ccc(-c3ccc(Cl)cc3)o2)cc1N. The summed E-state index contributed by atoms with van der Waals surface area (Å²) in [6.07, 6.45) is 0. The number of benzene rings is 2. The lowest BCUT2D eigenvalue weighted by Gasteiger charge is -2.15. The number of rotatable bonds is 6. The molecule has 0 aliphatic rings. The molecule has 1 amide bonds. The van der Waals surface area contributed by atoms with E-state index >= 15 is 0 Å². The van der Waals surface area contributed by atoms with Crippen molar-refractivity contribution in [2.45, 2.75) is 13.5 Å². The predicted octanol–water partition coefficient (Wildman–Crippen LogP) is 4.31. The summed E-state index contributed by atoms with van der Waals surface area (Å²) >= 11 is 5.90. The van der Waals surface area contributed by atoms with Crippen LogP contribution in [0.5, 0.6) is 0 Å². The van der Waals surface area contributed by atoms with Crippen LogP contribution in [0.25, 0.3) is 11.3 Å². The number of halogens is 1. The van der Waals surface area contributed by atoms with E-state index in [1.54, 1.807) is 37.4 Å². The molecule has 0 fully saturated rings. The Morgan fingerprint density at radius 1 is 1.10 bits per heavy atom. The minimum Gasteiger partial charge on any atom is -0.459 e. The van der Waals surface area contributed by atoms with Gasteiger partial charge in [0.05, 0.1) is 12.1 Å². The van der Waals surface area contributed by atoms with Crippen LogP contribution in [-0.2, 0) is 16.1 Å². The smallest absolute Gasteiger partial charge is 0.338 e. The second kappa shape index (κ2) is 8.84. The zero-order chi connectivity index (χ0) is 21.0. The van der Waals surface area contributed by atoms with E-state index in [2.05, 4.69) is 0 Å². The topological polar surface area (TPSA) is 85.8 Å². The maximum Gasteiger partial charge on any atom is 0.338 e. The van der Waals surface area contributed by atoms with E-state index in [1.807, 2.05) is 25.1 Å². The van der Waals surface area contributed by atoms with E-state index in [1.165, 1.54) is 11.0 Å². The van der Waals surface area contributed by atoms with Crippen molar-refractivity contribution in [3.63, 3.8) is 0 Å². The van der Waals surface area contributed by atoms with Gasteiger partial charge < -0.3 is 19.8 Å². The van der Waals surface area contributed by atoms with E-state index in [0.29, 0.717) is 27.8 Å². The maximum absolute atomic E-state index is 12.3. The third-order valence-electron chi connectivity index (χ3n) is 4.45. The highest BCUT2D eigenvalue weighted by Crippen LogP contribution is 2.24. The Bertz CT molecular complexity index is 1030. The van der Waals surface area contributed by atoms with Crippen LogP contribution in [0.3, 0.4) is 0 Å². The summed E-state index contributed by atoms with van der Waals surface area (Å²) < 4.78 is 10.9. The Labute approximate surface area is 173 Å². The lowest BCUT2D eigenvalue weighted by atomic mass is 10.1. The van der Waals surface area contributed by atoms with Crippen LogP contribution in [0.4, 0.5) is 5.69 Å². The van der Waals surface area contributed by atoms with Crippen LogP contribution < -0.4 is 5.73 Å². The molecule has 7 heteroatoms. The molecule has 1 aromatic heterocycles. The van der Waals surface area contributed by atoms with Gasteiger partial charge in [-0.3, -0.25) is 4.79 Å². The van der Waals surface area contributed by atoms with Crippen molar-refractivity contribution in [3.05, 3.63) is 76.5 Å². The zero-order valence-corrected chi connectivity index (χ0v) is 16.9. The maximum atomic E-state index is 12.3. The summed E-state index contributed by atoms with van der Waals surface area (Å²) in [5.74, 6) is 0.355. The number of esters is 1. The highest BCUT2D eigenvalue weighted by molar-refractivity contribution is 6.30. The Morgan fingerprint density at radius 3 is 2.52 bits per heavy atom. The number of amides is 1. The molecule has 0 saturated heterocycles. The Balaban J connectivity index is 1.54. The first kappa shape index (κ1) is 20.5. The van der Waals surface area contributed by atoms with Gasteiger partial charge >= 0.3 is 5.97 Å². The number of hydrogen-bond acceptors (Lipinski definition) is 5. The van der Waals surface area contributed by atoms with Crippen LogP contribution in [0.15, 0.2) is 59.0 Å². The van der Waals surface area contributed by atoms with Crippen molar-refractivity contribution in [2.24, 2.45) is 0 Å². The third kappa shape index (κ3) is 5.18. The molecule has 0 aliphatic carbocycles. The van der Waals surface area contributed by atoms with Crippen LogP contribution in [0.2, 0.25) is 5.02 Å². The number of ether oxygens (including phenoxy) is 1. The van der Waals surface area contributed by atoms with Crippen molar-refractivity contribution in [1.82, 2.24) is 4.90 Å². The number of likely N-dealkylation sites (N-methyl/N-ethyl adjacent to an activating group) is 1. The monoisotopic (exact) mass is 412 g/mol. The van der Waals surface area contributed by atoms with Crippen molar-refractivity contribution < 1.29 is 18.7 Å². The summed E-state index contributed by atoms with van der Waals surface area (Å²) in [6, 6.07) is 15.8. The summed E-state index contributed by atoms with van der Waals surface area (Å²) in [4.78, 5) is 25.8. The molecule has 0 aliphatic heterocycles. The molecule has 3 rings (SSSR count). The number of aryl methyl sites for hydroxylation is 1. The molecular weight excluding hydrogens is 392 g/mol. The highest BCUT2D eigenvalue weighted by atomic mass is 35.5. The van der Waals surface area contributed by atoms with Gasteiger partial charge in [-0.1, -0.05) is 17.7 Å². The first-order valence-corrected chi connectivity index (χ1v) is 9.33. The molecule has 0 atom stereocenters. The van der Waals surface area contributed by atoms with Crippen molar-refractivity contribution >= 4 is 29.2 Å². The molecule has 29 heavy (non-hydrogen) atoms. The van der Waals surface area contributed by atoms with E-state index in [-0.39, 0.29) is 19.1 Å². The van der Waals surface area contributed by atoms with Gasteiger partial charge in [-0.25, -0.2) is 4.79 Å². The van der Waals surface area contributed by atoms with Crippen molar-refractivity contribution in [3.8, 4) is 11.3 Å². The second-order valence-corrected chi connectivity index (χ2v) is 7.11. The van der Waals surface area contributed by atoms with Gasteiger partial charge in [0.25, 0.3) is 5.91 Å². The molecule has 0 unspecified atom stereocenters. The normalized spacial score (nSPS) is 10.6. The van der Waals surface area contributed by atoms with Gasteiger partial charge in [0.2, 0.25) is 0 Å². The van der Waals surface area contributed by atoms with Crippen molar-refractivity contribution in [1.29, 1.82) is 0 Å². The highest BCUT2D eigenvalue weighted by Gasteiger charge is 2.16. The molecule has 3 aromatic rings. The van der Waals surface area contributed by atoms with Crippen LogP contribution in [0.1, 0.15) is 21.7 Å². The largest absolute Gasteiger partial charge is 0.459 e. The second-order valence-electron chi connectivity index (χ2n) is 6.67. The number of anilines is 1. The number of nitrogens with two attached hydrogens (primary N) is 1. The van der Waals surface area contributed by atoms with Crippen LogP contribution in [0, 0.1) is 6.92 Å². The molecule has 0 spiro atoms. The molecule has 2 N–H and O–H groups in total. The lowest BCUT2D eigenvalue weighted by molar-refractivity contribution is -0.133. The average Bonchev–Trinajstić information content (AvgIpc) is 3.16. The fourth-order valence-electron chi connectivity index (χ4n) is 2.64. The number of hydrogen-bond donors (Lipinski definition) is 1.